The molecule has 1 aromatic rings. The van der Waals surface area contributed by atoms with E-state index in [2.05, 4.69) is 5.32 Å². The molecule has 1 rings (SSSR count). The lowest BCUT2D eigenvalue weighted by Gasteiger charge is -2.19. The first-order valence-electron chi connectivity index (χ1n) is 4.82. The molecular weight excluding hydrogens is 203 g/mol. The molecule has 0 saturated heterocycles. The first-order chi connectivity index (χ1) is 7.04. The van der Waals surface area contributed by atoms with Crippen LogP contribution >= 0.6 is 0 Å². The third-order valence-electron chi connectivity index (χ3n) is 2.31. The maximum Gasteiger partial charge on any atom is 0.403 e. The van der Waals surface area contributed by atoms with Crippen LogP contribution in [0, 0.1) is 0 Å². The number of rotatable bonds is 4. The molecule has 0 aliphatic heterocycles. The van der Waals surface area contributed by atoms with Crippen molar-refractivity contribution < 1.29 is 13.2 Å². The summed E-state index contributed by atoms with van der Waals surface area (Å²) in [4.78, 5) is 0. The molecule has 0 aliphatic carbocycles. The van der Waals surface area contributed by atoms with Crippen molar-refractivity contribution in [3.63, 3.8) is 0 Å². The quantitative estimate of drug-likeness (QED) is 0.817. The van der Waals surface area contributed by atoms with Gasteiger partial charge in [0.15, 0.2) is 0 Å². The lowest BCUT2D eigenvalue weighted by atomic mass is 10.1. The fourth-order valence-corrected chi connectivity index (χ4v) is 1.43. The molecule has 1 nitrogen and oxygen atoms in total. The van der Waals surface area contributed by atoms with E-state index in [9.17, 15) is 13.2 Å². The average molecular weight is 217 g/mol. The minimum atomic E-state index is -4.16. The molecule has 0 aromatic heterocycles. The normalized spacial score (nSPS) is 13.9. The highest BCUT2D eigenvalue weighted by Crippen LogP contribution is 2.23. The largest absolute Gasteiger partial charge is 0.403 e. The zero-order valence-electron chi connectivity index (χ0n) is 8.51. The molecule has 0 aliphatic rings. The van der Waals surface area contributed by atoms with E-state index < -0.39 is 12.2 Å². The van der Waals surface area contributed by atoms with Crippen LogP contribution in [-0.4, -0.2) is 19.3 Å². The van der Waals surface area contributed by atoms with Crippen LogP contribution in [0.4, 0.5) is 13.2 Å². The van der Waals surface area contributed by atoms with Crippen LogP contribution in [0.5, 0.6) is 0 Å². The molecule has 1 unspecified atom stereocenters. The number of hydrogen-bond donors (Lipinski definition) is 1. The van der Waals surface area contributed by atoms with E-state index >= 15 is 0 Å². The summed E-state index contributed by atoms with van der Waals surface area (Å²) in [5, 5.41) is 2.29. The van der Waals surface area contributed by atoms with Gasteiger partial charge in [0.1, 0.15) is 6.04 Å². The Hall–Kier alpha value is -1.03. The number of nitrogens with one attached hydrogen (secondary N) is 1. The van der Waals surface area contributed by atoms with Crippen molar-refractivity contribution in [2.45, 2.75) is 25.1 Å². The molecule has 0 heterocycles. The molecule has 4 heteroatoms. The van der Waals surface area contributed by atoms with Gasteiger partial charge in [-0.25, -0.2) is 0 Å². The van der Waals surface area contributed by atoms with Gasteiger partial charge >= 0.3 is 6.18 Å². The fraction of sp³-hybridized carbons (Fsp3) is 0.455. The van der Waals surface area contributed by atoms with Crippen LogP contribution < -0.4 is 5.32 Å². The third kappa shape index (κ3) is 3.91. The first kappa shape index (κ1) is 12.0. The molecule has 1 N–H and O–H groups in total. The second-order valence-electron chi connectivity index (χ2n) is 3.41. The first-order valence-corrected chi connectivity index (χ1v) is 4.82. The summed E-state index contributed by atoms with van der Waals surface area (Å²) >= 11 is 0. The highest BCUT2D eigenvalue weighted by atomic mass is 19.4. The van der Waals surface area contributed by atoms with E-state index in [4.69, 9.17) is 0 Å². The van der Waals surface area contributed by atoms with Crippen LogP contribution in [0.1, 0.15) is 12.0 Å². The van der Waals surface area contributed by atoms with Crippen LogP contribution in [0.3, 0.4) is 0 Å². The maximum atomic E-state index is 12.4. The van der Waals surface area contributed by atoms with Crippen molar-refractivity contribution >= 4 is 0 Å². The predicted molar refractivity (Wildman–Crippen MR) is 53.7 cm³/mol. The molecule has 0 spiro atoms. The average Bonchev–Trinajstić information content (AvgIpc) is 2.18. The van der Waals surface area contributed by atoms with Gasteiger partial charge in [0.2, 0.25) is 0 Å². The van der Waals surface area contributed by atoms with Crippen molar-refractivity contribution in [3.8, 4) is 0 Å². The zero-order valence-corrected chi connectivity index (χ0v) is 8.51. The van der Waals surface area contributed by atoms with Crippen LogP contribution in [-0.2, 0) is 6.42 Å². The zero-order chi connectivity index (χ0) is 11.3. The molecule has 1 aromatic carbocycles. The second kappa shape index (κ2) is 5.16. The molecule has 0 saturated carbocycles. The Kier molecular flexibility index (Phi) is 4.15. The lowest BCUT2D eigenvalue weighted by molar-refractivity contribution is -0.155. The van der Waals surface area contributed by atoms with E-state index in [0.29, 0.717) is 6.42 Å². The summed E-state index contributed by atoms with van der Waals surface area (Å²) < 4.78 is 37.1. The van der Waals surface area contributed by atoms with E-state index in [1.165, 1.54) is 7.05 Å². The molecule has 0 amide bonds. The van der Waals surface area contributed by atoms with Gasteiger partial charge in [-0.05, 0) is 25.5 Å². The molecular formula is C11H14F3N. The lowest BCUT2D eigenvalue weighted by Crippen LogP contribution is -2.40. The van der Waals surface area contributed by atoms with Crippen molar-refractivity contribution in [3.05, 3.63) is 35.9 Å². The van der Waals surface area contributed by atoms with Crippen LogP contribution in [0.25, 0.3) is 0 Å². The van der Waals surface area contributed by atoms with Crippen molar-refractivity contribution in [2.24, 2.45) is 0 Å². The standard InChI is InChI=1S/C11H14F3N/c1-15-10(11(12,13)14)8-7-9-5-3-2-4-6-9/h2-6,10,15H,7-8H2,1H3. The van der Waals surface area contributed by atoms with Crippen molar-refractivity contribution in [1.29, 1.82) is 0 Å². The molecule has 0 radical (unpaired) electrons. The third-order valence-corrected chi connectivity index (χ3v) is 2.31. The monoisotopic (exact) mass is 217 g/mol. The number of hydrogen-bond acceptors (Lipinski definition) is 1. The molecule has 84 valence electrons. The highest BCUT2D eigenvalue weighted by molar-refractivity contribution is 5.14. The van der Waals surface area contributed by atoms with Crippen LogP contribution in [0.2, 0.25) is 0 Å². The van der Waals surface area contributed by atoms with Gasteiger partial charge in [0, 0.05) is 0 Å². The summed E-state index contributed by atoms with van der Waals surface area (Å²) in [6.45, 7) is 0. The van der Waals surface area contributed by atoms with Crippen LogP contribution in [0.15, 0.2) is 30.3 Å². The van der Waals surface area contributed by atoms with Crippen molar-refractivity contribution in [2.75, 3.05) is 7.05 Å². The molecule has 0 bridgehead atoms. The van der Waals surface area contributed by atoms with Gasteiger partial charge < -0.3 is 5.32 Å². The summed E-state index contributed by atoms with van der Waals surface area (Å²) in [5.41, 5.74) is 0.932. The van der Waals surface area contributed by atoms with Gasteiger partial charge in [-0.1, -0.05) is 30.3 Å². The molecule has 15 heavy (non-hydrogen) atoms. The fourth-order valence-electron chi connectivity index (χ4n) is 1.43. The SMILES string of the molecule is CNC(CCc1ccccc1)C(F)(F)F. The van der Waals surface area contributed by atoms with E-state index in [1.54, 1.807) is 0 Å². The minimum absolute atomic E-state index is 0.0734. The van der Waals surface area contributed by atoms with Gasteiger partial charge in [-0.2, -0.15) is 13.2 Å². The summed E-state index contributed by atoms with van der Waals surface area (Å²) in [6.07, 6.45) is -3.65. The highest BCUT2D eigenvalue weighted by Gasteiger charge is 2.37. The number of aryl methyl sites for hydroxylation is 1. The molecule has 1 atom stereocenters. The van der Waals surface area contributed by atoms with E-state index in [-0.39, 0.29) is 6.42 Å². The number of benzene rings is 1. The second-order valence-corrected chi connectivity index (χ2v) is 3.41. The Balaban J connectivity index is 2.49. The smallest absolute Gasteiger partial charge is 0.309 e. The minimum Gasteiger partial charge on any atom is -0.309 e. The number of alkyl halides is 3. The number of halogens is 3. The summed E-state index contributed by atoms with van der Waals surface area (Å²) in [7, 11) is 1.34. The Morgan fingerprint density at radius 2 is 1.80 bits per heavy atom. The van der Waals surface area contributed by atoms with E-state index in [1.807, 2.05) is 30.3 Å². The van der Waals surface area contributed by atoms with Crippen molar-refractivity contribution in [1.82, 2.24) is 5.32 Å². The van der Waals surface area contributed by atoms with Gasteiger partial charge in [0.25, 0.3) is 0 Å². The topological polar surface area (TPSA) is 12.0 Å². The maximum absolute atomic E-state index is 12.4. The Morgan fingerprint density at radius 1 is 1.20 bits per heavy atom. The Bertz CT molecular complexity index is 282. The molecule has 0 fully saturated rings. The Morgan fingerprint density at radius 3 is 2.27 bits per heavy atom. The van der Waals surface area contributed by atoms with Gasteiger partial charge in [-0.15, -0.1) is 0 Å². The van der Waals surface area contributed by atoms with Gasteiger partial charge in [-0.3, -0.25) is 0 Å². The predicted octanol–water partition coefficient (Wildman–Crippen LogP) is 2.77. The van der Waals surface area contributed by atoms with Gasteiger partial charge in [0.05, 0.1) is 0 Å². The Labute approximate surface area is 87.3 Å². The summed E-state index contributed by atoms with van der Waals surface area (Å²) in [6, 6.07) is 7.77. The summed E-state index contributed by atoms with van der Waals surface area (Å²) in [5.74, 6) is 0. The van der Waals surface area contributed by atoms with E-state index in [0.717, 1.165) is 5.56 Å².